The van der Waals surface area contributed by atoms with Gasteiger partial charge in [0.2, 0.25) is 10.0 Å². The van der Waals surface area contributed by atoms with Gasteiger partial charge in [-0.3, -0.25) is 4.79 Å². The highest BCUT2D eigenvalue weighted by Crippen LogP contribution is 2.23. The van der Waals surface area contributed by atoms with Gasteiger partial charge in [-0.15, -0.1) is 0 Å². The number of thioether (sulfide) groups is 1. The third kappa shape index (κ3) is 5.58. The molecule has 0 bridgehead atoms. The van der Waals surface area contributed by atoms with Crippen molar-refractivity contribution in [2.75, 3.05) is 25.4 Å². The topological polar surface area (TPSA) is 66.5 Å². The zero-order chi connectivity index (χ0) is 20.7. The third-order valence-corrected chi connectivity index (χ3v) is 7.78. The van der Waals surface area contributed by atoms with E-state index >= 15 is 0 Å². The van der Waals surface area contributed by atoms with Gasteiger partial charge in [-0.25, -0.2) is 12.8 Å². The van der Waals surface area contributed by atoms with Crippen LogP contribution >= 0.6 is 11.8 Å². The van der Waals surface area contributed by atoms with Crippen molar-refractivity contribution in [2.45, 2.75) is 29.9 Å². The van der Waals surface area contributed by atoms with Gasteiger partial charge in [-0.1, -0.05) is 36.8 Å². The first kappa shape index (κ1) is 21.8. The number of benzene rings is 2. The Hall–Kier alpha value is -1.90. The lowest BCUT2D eigenvalue weighted by Gasteiger charge is -2.26. The van der Waals surface area contributed by atoms with Crippen LogP contribution in [0.1, 0.15) is 35.2 Å². The van der Waals surface area contributed by atoms with Crippen molar-refractivity contribution in [3.8, 4) is 0 Å². The molecule has 0 spiro atoms. The summed E-state index contributed by atoms with van der Waals surface area (Å²) in [7, 11) is -3.69. The van der Waals surface area contributed by atoms with Crippen molar-refractivity contribution in [2.24, 2.45) is 0 Å². The molecule has 1 fully saturated rings. The monoisotopic (exact) mass is 436 g/mol. The number of carbonyl (C=O) groups excluding carboxylic acids is 1. The van der Waals surface area contributed by atoms with Gasteiger partial charge in [0.1, 0.15) is 5.82 Å². The van der Waals surface area contributed by atoms with Gasteiger partial charge >= 0.3 is 0 Å². The lowest BCUT2D eigenvalue weighted by molar-refractivity contribution is 0.0952. The number of amides is 1. The first-order valence-corrected chi connectivity index (χ1v) is 12.3. The molecule has 1 heterocycles. The minimum absolute atomic E-state index is 0.0541. The molecule has 29 heavy (non-hydrogen) atoms. The predicted octanol–water partition coefficient (Wildman–Crippen LogP) is 3.66. The summed E-state index contributed by atoms with van der Waals surface area (Å²) in [5.41, 5.74) is 0.791. The average molecular weight is 437 g/mol. The number of sulfonamides is 1. The SMILES string of the molecule is O=C(NCCSCc1ccccc1F)c1ccccc1S(=O)(=O)N1CCCCC1. The van der Waals surface area contributed by atoms with E-state index < -0.39 is 15.9 Å². The van der Waals surface area contributed by atoms with Crippen LogP contribution in [0.3, 0.4) is 0 Å². The summed E-state index contributed by atoms with van der Waals surface area (Å²) in [6.07, 6.45) is 2.71. The Kier molecular flexibility index (Phi) is 7.69. The molecule has 1 amide bonds. The molecule has 3 rings (SSSR count). The van der Waals surface area contributed by atoms with Gasteiger partial charge in [0.25, 0.3) is 5.91 Å². The summed E-state index contributed by atoms with van der Waals surface area (Å²) in [5.74, 6) is 0.470. The number of rotatable bonds is 8. The van der Waals surface area contributed by atoms with E-state index in [0.29, 0.717) is 36.7 Å². The molecular formula is C21H25FN2O3S2. The Morgan fingerprint density at radius 3 is 2.48 bits per heavy atom. The van der Waals surface area contributed by atoms with Crippen LogP contribution in [0.4, 0.5) is 4.39 Å². The van der Waals surface area contributed by atoms with Gasteiger partial charge in [-0.2, -0.15) is 16.1 Å². The van der Waals surface area contributed by atoms with Gasteiger partial charge in [0, 0.05) is 31.1 Å². The van der Waals surface area contributed by atoms with Gasteiger partial charge in [0.05, 0.1) is 10.5 Å². The quantitative estimate of drug-likeness (QED) is 0.642. The van der Waals surface area contributed by atoms with E-state index in [1.54, 1.807) is 36.4 Å². The zero-order valence-electron chi connectivity index (χ0n) is 16.1. The maximum atomic E-state index is 13.6. The van der Waals surface area contributed by atoms with Crippen molar-refractivity contribution < 1.29 is 17.6 Å². The lowest BCUT2D eigenvalue weighted by atomic mass is 10.2. The predicted molar refractivity (Wildman–Crippen MR) is 114 cm³/mol. The number of carbonyl (C=O) groups is 1. The van der Waals surface area contributed by atoms with E-state index in [0.717, 1.165) is 19.3 Å². The molecule has 0 saturated carbocycles. The van der Waals surface area contributed by atoms with Crippen LogP contribution in [-0.2, 0) is 15.8 Å². The highest BCUT2D eigenvalue weighted by Gasteiger charge is 2.29. The van der Waals surface area contributed by atoms with Crippen LogP contribution in [0.15, 0.2) is 53.4 Å². The van der Waals surface area contributed by atoms with Crippen LogP contribution in [0, 0.1) is 5.82 Å². The third-order valence-electron chi connectivity index (χ3n) is 4.81. The van der Waals surface area contributed by atoms with Crippen molar-refractivity contribution >= 4 is 27.7 Å². The minimum atomic E-state index is -3.69. The Morgan fingerprint density at radius 2 is 1.72 bits per heavy atom. The van der Waals surface area contributed by atoms with Crippen LogP contribution in [0.5, 0.6) is 0 Å². The van der Waals surface area contributed by atoms with Crippen molar-refractivity contribution in [3.05, 3.63) is 65.5 Å². The molecule has 156 valence electrons. The second-order valence-electron chi connectivity index (χ2n) is 6.86. The summed E-state index contributed by atoms with van der Waals surface area (Å²) in [4.78, 5) is 12.7. The molecule has 2 aromatic rings. The molecule has 0 radical (unpaired) electrons. The van der Waals surface area contributed by atoms with Gasteiger partial charge in [0.15, 0.2) is 0 Å². The second kappa shape index (κ2) is 10.2. The number of nitrogens with one attached hydrogen (secondary N) is 1. The number of nitrogens with zero attached hydrogens (tertiary/aromatic N) is 1. The summed E-state index contributed by atoms with van der Waals surface area (Å²) in [5, 5.41) is 2.78. The van der Waals surface area contributed by atoms with Crippen LogP contribution in [0.2, 0.25) is 0 Å². The first-order chi connectivity index (χ1) is 14.0. The molecular weight excluding hydrogens is 411 g/mol. The van der Waals surface area contributed by atoms with E-state index in [1.165, 1.54) is 28.2 Å². The smallest absolute Gasteiger partial charge is 0.252 e. The number of piperidine rings is 1. The van der Waals surface area contributed by atoms with E-state index in [1.807, 2.05) is 0 Å². The normalized spacial score (nSPS) is 15.2. The maximum absolute atomic E-state index is 13.6. The van der Waals surface area contributed by atoms with Crippen molar-refractivity contribution in [3.63, 3.8) is 0 Å². The first-order valence-electron chi connectivity index (χ1n) is 9.68. The summed E-state index contributed by atoms with van der Waals surface area (Å²) >= 11 is 1.51. The molecule has 2 aromatic carbocycles. The number of hydrogen-bond donors (Lipinski definition) is 1. The fourth-order valence-corrected chi connectivity index (χ4v) is 5.80. The number of halogens is 1. The molecule has 1 aliphatic heterocycles. The van der Waals surface area contributed by atoms with Crippen LogP contribution < -0.4 is 5.32 Å². The van der Waals surface area contributed by atoms with Gasteiger partial charge < -0.3 is 5.32 Å². The van der Waals surface area contributed by atoms with Crippen molar-refractivity contribution in [1.82, 2.24) is 9.62 Å². The highest BCUT2D eigenvalue weighted by atomic mass is 32.2. The van der Waals surface area contributed by atoms with E-state index in [2.05, 4.69) is 5.32 Å². The Balaban J connectivity index is 1.58. The second-order valence-corrected chi connectivity index (χ2v) is 9.87. The Morgan fingerprint density at radius 1 is 1.03 bits per heavy atom. The van der Waals surface area contributed by atoms with E-state index in [4.69, 9.17) is 0 Å². The summed E-state index contributed by atoms with van der Waals surface area (Å²) in [6.45, 7) is 1.35. The largest absolute Gasteiger partial charge is 0.351 e. The molecule has 8 heteroatoms. The molecule has 0 atom stereocenters. The molecule has 0 aliphatic carbocycles. The average Bonchev–Trinajstić information content (AvgIpc) is 2.75. The molecule has 1 aliphatic rings. The summed E-state index contributed by atoms with van der Waals surface area (Å²) in [6, 6.07) is 12.9. The molecule has 0 aromatic heterocycles. The standard InChI is InChI=1S/C21H25FN2O3S2/c22-19-10-4-2-8-17(19)16-28-15-12-23-21(25)18-9-3-5-11-20(18)29(26,27)24-13-6-1-7-14-24/h2-5,8-11H,1,6-7,12-16H2,(H,23,25). The van der Waals surface area contributed by atoms with Crippen LogP contribution in [-0.4, -0.2) is 44.0 Å². The van der Waals surface area contributed by atoms with Gasteiger partial charge in [-0.05, 0) is 36.6 Å². The molecule has 1 N–H and O–H groups in total. The zero-order valence-corrected chi connectivity index (χ0v) is 17.8. The molecule has 5 nitrogen and oxygen atoms in total. The Bertz CT molecular complexity index is 944. The molecule has 1 saturated heterocycles. The maximum Gasteiger partial charge on any atom is 0.252 e. The highest BCUT2D eigenvalue weighted by molar-refractivity contribution is 7.98. The van der Waals surface area contributed by atoms with E-state index in [9.17, 15) is 17.6 Å². The summed E-state index contributed by atoms with van der Waals surface area (Å²) < 4.78 is 41.0. The fraction of sp³-hybridized carbons (Fsp3) is 0.381. The number of hydrogen-bond acceptors (Lipinski definition) is 4. The fourth-order valence-electron chi connectivity index (χ4n) is 3.25. The van der Waals surface area contributed by atoms with Crippen LogP contribution in [0.25, 0.3) is 0 Å². The van der Waals surface area contributed by atoms with Crippen molar-refractivity contribution in [1.29, 1.82) is 0 Å². The lowest BCUT2D eigenvalue weighted by Crippen LogP contribution is -2.37. The minimum Gasteiger partial charge on any atom is -0.351 e. The van der Waals surface area contributed by atoms with E-state index in [-0.39, 0.29) is 16.3 Å². The Labute approximate surface area is 175 Å². The molecule has 0 unspecified atom stereocenters.